The third-order valence-electron chi connectivity index (χ3n) is 2.67. The van der Waals surface area contributed by atoms with Gasteiger partial charge in [0, 0.05) is 9.75 Å². The third kappa shape index (κ3) is 2.75. The van der Waals surface area contributed by atoms with Crippen LogP contribution in [-0.4, -0.2) is 0 Å². The molecule has 0 spiro atoms. The lowest BCUT2D eigenvalue weighted by atomic mass is 10.1. The molecule has 0 radical (unpaired) electrons. The Balaban J connectivity index is 2.38. The minimum absolute atomic E-state index is 0.398. The molecular formula is C14H13F3S. The number of alkyl halides is 3. The molecule has 1 aromatic carbocycles. The molecule has 18 heavy (non-hydrogen) atoms. The molecule has 96 valence electrons. The van der Waals surface area contributed by atoms with Gasteiger partial charge in [-0.3, -0.25) is 0 Å². The molecule has 0 atom stereocenters. The van der Waals surface area contributed by atoms with Gasteiger partial charge in [-0.15, -0.1) is 11.3 Å². The van der Waals surface area contributed by atoms with Gasteiger partial charge >= 0.3 is 6.18 Å². The van der Waals surface area contributed by atoms with Crippen LogP contribution >= 0.6 is 11.3 Å². The Morgan fingerprint density at radius 3 is 2.33 bits per heavy atom. The summed E-state index contributed by atoms with van der Waals surface area (Å²) in [6.07, 6.45) is -4.28. The molecule has 0 fully saturated rings. The summed E-state index contributed by atoms with van der Waals surface area (Å²) < 4.78 is 37.9. The Bertz CT molecular complexity index is 538. The Kier molecular flexibility index (Phi) is 3.48. The van der Waals surface area contributed by atoms with E-state index in [1.165, 1.54) is 17.0 Å². The van der Waals surface area contributed by atoms with E-state index in [-0.39, 0.29) is 0 Å². The lowest BCUT2D eigenvalue weighted by Gasteiger charge is -2.07. The standard InChI is InChI=1S/C14H13F3S/c1-9(2)12-6-7-13(18-12)10-4-3-5-11(8-10)14(15,16)17/h3-9H,1-2H3. The molecule has 0 saturated carbocycles. The summed E-state index contributed by atoms with van der Waals surface area (Å²) in [4.78, 5) is 2.06. The van der Waals surface area contributed by atoms with Crippen molar-refractivity contribution >= 4 is 11.3 Å². The monoisotopic (exact) mass is 270 g/mol. The quantitative estimate of drug-likeness (QED) is 0.670. The van der Waals surface area contributed by atoms with Crippen molar-refractivity contribution in [3.63, 3.8) is 0 Å². The van der Waals surface area contributed by atoms with Gasteiger partial charge in [-0.1, -0.05) is 26.0 Å². The van der Waals surface area contributed by atoms with Gasteiger partial charge in [0.25, 0.3) is 0 Å². The van der Waals surface area contributed by atoms with Gasteiger partial charge in [-0.2, -0.15) is 13.2 Å². The van der Waals surface area contributed by atoms with Gasteiger partial charge < -0.3 is 0 Å². The first-order valence-corrected chi connectivity index (χ1v) is 6.47. The highest BCUT2D eigenvalue weighted by atomic mass is 32.1. The Morgan fingerprint density at radius 2 is 1.78 bits per heavy atom. The normalized spacial score (nSPS) is 12.1. The molecule has 1 heterocycles. The van der Waals surface area contributed by atoms with Crippen molar-refractivity contribution in [1.82, 2.24) is 0 Å². The smallest absolute Gasteiger partial charge is 0.166 e. The molecule has 0 saturated heterocycles. The number of halogens is 3. The van der Waals surface area contributed by atoms with Crippen LogP contribution in [0.15, 0.2) is 36.4 Å². The van der Waals surface area contributed by atoms with Crippen LogP contribution in [-0.2, 0) is 6.18 Å². The van der Waals surface area contributed by atoms with Gasteiger partial charge in [-0.25, -0.2) is 0 Å². The summed E-state index contributed by atoms with van der Waals surface area (Å²) in [5, 5.41) is 0. The zero-order valence-corrected chi connectivity index (χ0v) is 10.9. The molecular weight excluding hydrogens is 257 g/mol. The second kappa shape index (κ2) is 4.76. The highest BCUT2D eigenvalue weighted by Crippen LogP contribution is 2.35. The molecule has 2 rings (SSSR count). The molecule has 0 aliphatic carbocycles. The summed E-state index contributed by atoms with van der Waals surface area (Å²) in [7, 11) is 0. The molecule has 2 aromatic rings. The fraction of sp³-hybridized carbons (Fsp3) is 0.286. The van der Waals surface area contributed by atoms with Crippen LogP contribution in [0.2, 0.25) is 0 Å². The van der Waals surface area contributed by atoms with Crippen molar-refractivity contribution in [2.45, 2.75) is 25.9 Å². The molecule has 1 aromatic heterocycles. The molecule has 0 bridgehead atoms. The van der Waals surface area contributed by atoms with E-state index in [0.717, 1.165) is 10.9 Å². The maximum atomic E-state index is 12.6. The van der Waals surface area contributed by atoms with Gasteiger partial charge in [0.1, 0.15) is 0 Å². The van der Waals surface area contributed by atoms with E-state index in [2.05, 4.69) is 13.8 Å². The minimum Gasteiger partial charge on any atom is -0.166 e. The topological polar surface area (TPSA) is 0 Å². The van der Waals surface area contributed by atoms with Crippen LogP contribution in [0, 0.1) is 0 Å². The molecule has 0 aliphatic rings. The van der Waals surface area contributed by atoms with Crippen molar-refractivity contribution in [3.05, 3.63) is 46.8 Å². The van der Waals surface area contributed by atoms with E-state index in [9.17, 15) is 13.2 Å². The number of benzene rings is 1. The second-order valence-electron chi connectivity index (χ2n) is 4.44. The number of hydrogen-bond donors (Lipinski definition) is 0. The first kappa shape index (κ1) is 13.1. The highest BCUT2D eigenvalue weighted by Gasteiger charge is 2.30. The summed E-state index contributed by atoms with van der Waals surface area (Å²) in [5.74, 6) is 0.398. The van der Waals surface area contributed by atoms with Crippen LogP contribution in [0.25, 0.3) is 10.4 Å². The fourth-order valence-corrected chi connectivity index (χ4v) is 2.67. The van der Waals surface area contributed by atoms with Crippen molar-refractivity contribution < 1.29 is 13.2 Å². The molecule has 0 unspecified atom stereocenters. The van der Waals surface area contributed by atoms with Crippen molar-refractivity contribution in [3.8, 4) is 10.4 Å². The first-order chi connectivity index (χ1) is 8.38. The van der Waals surface area contributed by atoms with Crippen molar-refractivity contribution in [2.24, 2.45) is 0 Å². The zero-order chi connectivity index (χ0) is 13.3. The average Bonchev–Trinajstić information content (AvgIpc) is 2.77. The maximum Gasteiger partial charge on any atom is 0.416 e. The van der Waals surface area contributed by atoms with Crippen LogP contribution in [0.1, 0.15) is 30.2 Å². The Labute approximate surface area is 108 Å². The van der Waals surface area contributed by atoms with Gasteiger partial charge in [0.05, 0.1) is 5.56 Å². The maximum absolute atomic E-state index is 12.6. The summed E-state index contributed by atoms with van der Waals surface area (Å²) in [5.41, 5.74) is 0.0289. The third-order valence-corrected chi connectivity index (χ3v) is 4.11. The van der Waals surface area contributed by atoms with Crippen molar-refractivity contribution in [2.75, 3.05) is 0 Å². The number of thiophene rings is 1. The van der Waals surface area contributed by atoms with Gasteiger partial charge in [-0.05, 0) is 35.7 Å². The predicted octanol–water partition coefficient (Wildman–Crippen LogP) is 5.56. The lowest BCUT2D eigenvalue weighted by molar-refractivity contribution is -0.137. The van der Waals surface area contributed by atoms with Crippen LogP contribution in [0.3, 0.4) is 0 Å². The van der Waals surface area contributed by atoms with E-state index in [1.807, 2.05) is 12.1 Å². The molecule has 0 nitrogen and oxygen atoms in total. The first-order valence-electron chi connectivity index (χ1n) is 5.65. The zero-order valence-electron chi connectivity index (χ0n) is 10.1. The molecule has 0 amide bonds. The summed E-state index contributed by atoms with van der Waals surface area (Å²) >= 11 is 1.55. The predicted molar refractivity (Wildman–Crippen MR) is 68.8 cm³/mol. The minimum atomic E-state index is -4.28. The molecule has 0 aliphatic heterocycles. The molecule has 4 heteroatoms. The van der Waals surface area contributed by atoms with Crippen molar-refractivity contribution in [1.29, 1.82) is 0 Å². The van der Waals surface area contributed by atoms with Crippen LogP contribution in [0.4, 0.5) is 13.2 Å². The largest absolute Gasteiger partial charge is 0.416 e. The van der Waals surface area contributed by atoms with E-state index >= 15 is 0 Å². The van der Waals surface area contributed by atoms with Gasteiger partial charge in [0.15, 0.2) is 0 Å². The van der Waals surface area contributed by atoms with Crippen LogP contribution in [0.5, 0.6) is 0 Å². The van der Waals surface area contributed by atoms with E-state index in [1.54, 1.807) is 17.4 Å². The summed E-state index contributed by atoms with van der Waals surface area (Å²) in [6, 6.07) is 9.33. The van der Waals surface area contributed by atoms with E-state index in [4.69, 9.17) is 0 Å². The second-order valence-corrected chi connectivity index (χ2v) is 5.55. The number of hydrogen-bond acceptors (Lipinski definition) is 1. The lowest BCUT2D eigenvalue weighted by Crippen LogP contribution is -2.04. The average molecular weight is 270 g/mol. The highest BCUT2D eigenvalue weighted by molar-refractivity contribution is 7.15. The Hall–Kier alpha value is -1.29. The summed E-state index contributed by atoms with van der Waals surface area (Å²) in [6.45, 7) is 4.14. The number of rotatable bonds is 2. The van der Waals surface area contributed by atoms with E-state index < -0.39 is 11.7 Å². The SMILES string of the molecule is CC(C)c1ccc(-c2cccc(C(F)(F)F)c2)s1. The van der Waals surface area contributed by atoms with E-state index in [0.29, 0.717) is 11.5 Å². The molecule has 0 N–H and O–H groups in total. The fourth-order valence-electron chi connectivity index (χ4n) is 1.67. The van der Waals surface area contributed by atoms with Crippen LogP contribution < -0.4 is 0 Å². The van der Waals surface area contributed by atoms with Gasteiger partial charge in [0.2, 0.25) is 0 Å². The Morgan fingerprint density at radius 1 is 1.06 bits per heavy atom.